The molecule has 0 radical (unpaired) electrons. The zero-order chi connectivity index (χ0) is 43.8. The molecule has 360 valence electrons. The summed E-state index contributed by atoms with van der Waals surface area (Å²) in [4.78, 5) is 11.2. The summed E-state index contributed by atoms with van der Waals surface area (Å²) in [6.07, 6.45) is -1.11. The van der Waals surface area contributed by atoms with E-state index >= 15 is 0 Å². The molecule has 0 aliphatic carbocycles. The van der Waals surface area contributed by atoms with Crippen LogP contribution in [0.3, 0.4) is 0 Å². The first kappa shape index (κ1) is 52.9. The van der Waals surface area contributed by atoms with Gasteiger partial charge in [0.2, 0.25) is 0 Å². The molecule has 0 spiro atoms. The summed E-state index contributed by atoms with van der Waals surface area (Å²) in [5.41, 5.74) is -0.738. The van der Waals surface area contributed by atoms with Gasteiger partial charge in [0.1, 0.15) is 0 Å². The average Bonchev–Trinajstić information content (AvgIpc) is 3.22. The molecule has 8 N–H and O–H groups in total. The number of hydrogen-bond acceptors (Lipinski definition) is 18. The second-order valence-corrected chi connectivity index (χ2v) is 19.0. The smallest absolute Gasteiger partial charge is 0.0900 e. The van der Waals surface area contributed by atoms with Crippen LogP contribution in [0.2, 0.25) is 0 Å². The molecule has 4 aliphatic heterocycles. The number of nitrogens with one attached hydrogen (secondary N) is 3. The molecule has 4 rings (SSSR count). The highest BCUT2D eigenvalue weighted by Gasteiger charge is 2.35. The zero-order valence-electron chi connectivity index (χ0n) is 38.2. The zero-order valence-corrected chi connectivity index (χ0v) is 38.2. The molecular formula is C43H88N8O10. The highest BCUT2D eigenvalue weighted by atomic mass is 16.5. The Morgan fingerprint density at radius 3 is 0.918 bits per heavy atom. The Morgan fingerprint density at radius 2 is 0.656 bits per heavy atom. The molecule has 0 saturated carbocycles. The highest BCUT2D eigenvalue weighted by Crippen LogP contribution is 2.23. The van der Waals surface area contributed by atoms with Gasteiger partial charge in [-0.3, -0.25) is 24.5 Å². The molecule has 0 aromatic rings. The minimum atomic E-state index is -0.847. The molecule has 18 heteroatoms. The SMILES string of the molecule is CCCC(C)(C)COCC(O)CN1CCN(CC(O)COCC(COCC(O)CN2CCNCC2)(COCC(O)CN2CCNCC2)COCC(O)CN2CCNCC2)CC1. The Kier molecular flexibility index (Phi) is 25.8. The van der Waals surface area contributed by atoms with Crippen molar-refractivity contribution < 1.29 is 49.2 Å². The molecule has 0 bridgehead atoms. The number of hydrogen-bond donors (Lipinski definition) is 8. The lowest BCUT2D eigenvalue weighted by Crippen LogP contribution is -2.51. The number of nitrogens with zero attached hydrogens (tertiary/aromatic N) is 5. The Morgan fingerprint density at radius 1 is 0.410 bits per heavy atom. The van der Waals surface area contributed by atoms with Gasteiger partial charge in [-0.15, -0.1) is 0 Å². The monoisotopic (exact) mass is 877 g/mol. The number of piperazine rings is 4. The maximum Gasteiger partial charge on any atom is 0.0900 e. The van der Waals surface area contributed by atoms with Gasteiger partial charge in [-0.05, 0) is 11.8 Å². The number of aliphatic hydroxyl groups is 5. The van der Waals surface area contributed by atoms with Gasteiger partial charge >= 0.3 is 0 Å². The Balaban J connectivity index is 1.29. The molecule has 61 heavy (non-hydrogen) atoms. The van der Waals surface area contributed by atoms with E-state index in [0.717, 1.165) is 118 Å². The second kappa shape index (κ2) is 29.7. The fraction of sp³-hybridized carbons (Fsp3) is 1.00. The van der Waals surface area contributed by atoms with E-state index in [1.807, 2.05) is 0 Å². The molecule has 4 saturated heterocycles. The fourth-order valence-electron chi connectivity index (χ4n) is 8.71. The van der Waals surface area contributed by atoms with Gasteiger partial charge in [0.15, 0.2) is 0 Å². The molecule has 4 aliphatic rings. The normalized spacial score (nSPS) is 23.4. The van der Waals surface area contributed by atoms with E-state index < -0.39 is 35.9 Å². The Hall–Kier alpha value is -0.720. The summed E-state index contributed by atoms with van der Waals surface area (Å²) in [5.74, 6) is 0. The molecule has 0 aromatic heterocycles. The standard InChI is InChI=1S/C43H88N8O10/c1-4-5-42(2,3)32-57-27-40(55)25-50-18-20-51(21-19-50)26-41(56)31-61-36-43(33-58-28-37(52)22-47-12-6-44-7-13-47,34-59-29-38(53)23-48-14-8-45-9-15-48)35-60-30-39(54)24-49-16-10-46-11-17-49/h37-41,44-46,52-56H,4-36H2,1-3H3. The lowest BCUT2D eigenvalue weighted by Gasteiger charge is -2.37. The van der Waals surface area contributed by atoms with Crippen LogP contribution in [0.25, 0.3) is 0 Å². The topological polar surface area (TPSA) is 200 Å². The summed E-state index contributed by atoms with van der Waals surface area (Å²) in [6, 6.07) is 0. The average molecular weight is 877 g/mol. The number of rotatable bonds is 32. The van der Waals surface area contributed by atoms with E-state index in [1.165, 1.54) is 0 Å². The van der Waals surface area contributed by atoms with E-state index in [-0.39, 0.29) is 58.3 Å². The highest BCUT2D eigenvalue weighted by molar-refractivity contribution is 4.83. The van der Waals surface area contributed by atoms with Crippen molar-refractivity contribution in [3.63, 3.8) is 0 Å². The van der Waals surface area contributed by atoms with Crippen LogP contribution >= 0.6 is 0 Å². The summed E-state index contributed by atoms with van der Waals surface area (Å²) >= 11 is 0. The third-order valence-corrected chi connectivity index (χ3v) is 12.0. The predicted molar refractivity (Wildman–Crippen MR) is 236 cm³/mol. The molecule has 4 heterocycles. The lowest BCUT2D eigenvalue weighted by atomic mass is 9.89. The Labute approximate surface area is 367 Å². The Bertz CT molecular complexity index is 1020. The molecule has 4 fully saturated rings. The van der Waals surface area contributed by atoms with Crippen LogP contribution in [0, 0.1) is 10.8 Å². The van der Waals surface area contributed by atoms with Crippen molar-refractivity contribution in [2.45, 2.75) is 64.1 Å². The van der Waals surface area contributed by atoms with E-state index in [4.69, 9.17) is 23.7 Å². The van der Waals surface area contributed by atoms with Crippen LogP contribution in [0.4, 0.5) is 0 Å². The van der Waals surface area contributed by atoms with E-state index in [0.29, 0.717) is 45.9 Å². The quantitative estimate of drug-likeness (QED) is 0.0341. The van der Waals surface area contributed by atoms with Crippen LogP contribution in [0.1, 0.15) is 33.6 Å². The summed E-state index contributed by atoms with van der Waals surface area (Å²) in [5, 5.41) is 64.6. The van der Waals surface area contributed by atoms with Gasteiger partial charge in [0.25, 0.3) is 0 Å². The van der Waals surface area contributed by atoms with Crippen LogP contribution in [-0.4, -0.2) is 284 Å². The number of aliphatic hydroxyl groups excluding tert-OH is 5. The molecule has 5 atom stereocenters. The van der Waals surface area contributed by atoms with Crippen molar-refractivity contribution in [2.75, 3.05) is 204 Å². The predicted octanol–water partition coefficient (Wildman–Crippen LogP) is -2.98. The van der Waals surface area contributed by atoms with Gasteiger partial charge in [-0.1, -0.05) is 27.2 Å². The van der Waals surface area contributed by atoms with Crippen molar-refractivity contribution in [2.24, 2.45) is 10.8 Å². The summed E-state index contributed by atoms with van der Waals surface area (Å²) in [7, 11) is 0. The van der Waals surface area contributed by atoms with Crippen LogP contribution in [-0.2, 0) is 23.7 Å². The fourth-order valence-corrected chi connectivity index (χ4v) is 8.71. The molecular weight excluding hydrogens is 789 g/mol. The lowest BCUT2D eigenvalue weighted by molar-refractivity contribution is -0.134. The van der Waals surface area contributed by atoms with Gasteiger partial charge < -0.3 is 65.2 Å². The first-order valence-electron chi connectivity index (χ1n) is 23.5. The third-order valence-electron chi connectivity index (χ3n) is 12.0. The molecule has 0 aromatic carbocycles. The maximum atomic E-state index is 11.2. The summed E-state index contributed by atoms with van der Waals surface area (Å²) in [6.45, 7) is 24.9. The maximum absolute atomic E-state index is 11.2. The third kappa shape index (κ3) is 22.8. The number of ether oxygens (including phenoxy) is 5. The van der Waals surface area contributed by atoms with Gasteiger partial charge in [-0.25, -0.2) is 0 Å². The van der Waals surface area contributed by atoms with Gasteiger partial charge in [0.05, 0.1) is 102 Å². The minimum Gasteiger partial charge on any atom is -0.389 e. The van der Waals surface area contributed by atoms with E-state index in [9.17, 15) is 25.5 Å². The number of β-amino-alcohol motifs (C(OH)–C–C–N with tert-alkyl or cyclic N) is 5. The molecule has 0 amide bonds. The van der Waals surface area contributed by atoms with Crippen LogP contribution < -0.4 is 16.0 Å². The van der Waals surface area contributed by atoms with Crippen LogP contribution in [0.5, 0.6) is 0 Å². The van der Waals surface area contributed by atoms with E-state index in [1.54, 1.807) is 0 Å². The minimum absolute atomic E-state index is 0.0925. The van der Waals surface area contributed by atoms with Crippen molar-refractivity contribution in [1.82, 2.24) is 40.4 Å². The summed E-state index contributed by atoms with van der Waals surface area (Å²) < 4.78 is 30.9. The van der Waals surface area contributed by atoms with Gasteiger partial charge in [-0.2, -0.15) is 0 Å². The largest absolute Gasteiger partial charge is 0.389 e. The molecule has 18 nitrogen and oxygen atoms in total. The second-order valence-electron chi connectivity index (χ2n) is 19.0. The van der Waals surface area contributed by atoms with Crippen molar-refractivity contribution in [3.8, 4) is 0 Å². The van der Waals surface area contributed by atoms with Crippen molar-refractivity contribution >= 4 is 0 Å². The first-order valence-corrected chi connectivity index (χ1v) is 23.5. The van der Waals surface area contributed by atoms with Crippen molar-refractivity contribution in [1.29, 1.82) is 0 Å². The molecule has 5 unspecified atom stereocenters. The van der Waals surface area contributed by atoms with Crippen molar-refractivity contribution in [3.05, 3.63) is 0 Å². The first-order chi connectivity index (χ1) is 29.4. The van der Waals surface area contributed by atoms with Gasteiger partial charge in [0, 0.05) is 137 Å². The van der Waals surface area contributed by atoms with E-state index in [2.05, 4.69) is 61.2 Å². The van der Waals surface area contributed by atoms with Crippen LogP contribution in [0.15, 0.2) is 0 Å².